The predicted octanol–water partition coefficient (Wildman–Crippen LogP) is 3.81. The summed E-state index contributed by atoms with van der Waals surface area (Å²) in [6, 6.07) is 5.96. The molecule has 1 fully saturated rings. The molecule has 150 valence electrons. The summed E-state index contributed by atoms with van der Waals surface area (Å²) in [7, 11) is -1.09. The van der Waals surface area contributed by atoms with E-state index in [1.165, 1.54) is 56.8 Å². The summed E-state index contributed by atoms with van der Waals surface area (Å²) in [6.45, 7) is 1.22. The number of hydrogen-bond acceptors (Lipinski definition) is 4. The lowest BCUT2D eigenvalue weighted by atomic mass is 9.89. The van der Waals surface area contributed by atoms with Crippen molar-refractivity contribution in [3.8, 4) is 0 Å². The second-order valence-corrected chi connectivity index (χ2v) is 7.96. The zero-order valence-electron chi connectivity index (χ0n) is 15.0. The van der Waals surface area contributed by atoms with E-state index in [-0.39, 0.29) is 0 Å². The van der Waals surface area contributed by atoms with Crippen LogP contribution in [0.4, 0.5) is 13.2 Å². The molecule has 1 atom stereocenters. The third kappa shape index (κ3) is 8.03. The number of halogens is 3. The number of hydrazine groups is 1. The fourth-order valence-electron chi connectivity index (χ4n) is 3.01. The van der Waals surface area contributed by atoms with Gasteiger partial charge in [0.05, 0.1) is 0 Å². The van der Waals surface area contributed by atoms with Crippen LogP contribution < -0.4 is 5.43 Å². The van der Waals surface area contributed by atoms with Crippen LogP contribution in [0.15, 0.2) is 30.3 Å². The van der Waals surface area contributed by atoms with Gasteiger partial charge in [-0.05, 0) is 31.4 Å². The Labute approximate surface area is 153 Å². The molecule has 0 bridgehead atoms. The Bertz CT molecular complexity index is 618. The molecule has 0 aliphatic heterocycles. The molecule has 2 N–H and O–H groups in total. The zero-order chi connectivity index (χ0) is 19.8. The minimum absolute atomic E-state index is 0.507. The maximum Gasteiger partial charge on any atom is 0.411 e. The Morgan fingerprint density at radius 3 is 2.15 bits per heavy atom. The molecule has 26 heavy (non-hydrogen) atoms. The summed E-state index contributed by atoms with van der Waals surface area (Å²) in [4.78, 5) is 0. The lowest BCUT2D eigenvalue weighted by Crippen LogP contribution is -2.35. The average Bonchev–Trinajstić information content (AvgIpc) is 2.54. The van der Waals surface area contributed by atoms with Crippen molar-refractivity contribution in [1.82, 2.24) is 10.4 Å². The van der Waals surface area contributed by atoms with E-state index in [0.29, 0.717) is 0 Å². The highest BCUT2D eigenvalue weighted by molar-refractivity contribution is 7.86. The highest BCUT2D eigenvalue weighted by Crippen LogP contribution is 2.38. The monoisotopic (exact) mass is 396 g/mol. The molecule has 2 rings (SSSR count). The second kappa shape index (κ2) is 10.2. The summed E-state index contributed by atoms with van der Waals surface area (Å²) in [6.07, 6.45) is 2.19. The molecule has 0 radical (unpaired) electrons. The number of benzene rings is 1. The van der Waals surface area contributed by atoms with Gasteiger partial charge in [0, 0.05) is 13.6 Å². The van der Waals surface area contributed by atoms with Crippen LogP contribution in [0.3, 0.4) is 0 Å². The Hall–Kier alpha value is -1.16. The first-order valence-electron chi connectivity index (χ1n) is 8.52. The summed E-state index contributed by atoms with van der Waals surface area (Å²) < 4.78 is 66.8. The van der Waals surface area contributed by atoms with Crippen LogP contribution in [-0.2, 0) is 10.1 Å². The van der Waals surface area contributed by atoms with Crippen molar-refractivity contribution in [3.05, 3.63) is 35.9 Å². The number of nitrogens with one attached hydrogen (secondary N) is 1. The Morgan fingerprint density at radius 1 is 1.19 bits per heavy atom. The summed E-state index contributed by atoms with van der Waals surface area (Å²) in [5.41, 5.74) is 2.64. The highest BCUT2D eigenvalue weighted by atomic mass is 32.2. The maximum atomic E-state index is 12.4. The van der Waals surface area contributed by atoms with Crippen molar-refractivity contribution >= 4 is 10.1 Å². The van der Waals surface area contributed by atoms with Gasteiger partial charge in [0.1, 0.15) is 0 Å². The number of rotatable bonds is 5. The van der Waals surface area contributed by atoms with Gasteiger partial charge in [-0.3, -0.25) is 9.98 Å². The van der Waals surface area contributed by atoms with Gasteiger partial charge in [0.2, 0.25) is 5.25 Å². The largest absolute Gasteiger partial charge is 0.411 e. The molecule has 0 saturated heterocycles. The van der Waals surface area contributed by atoms with Crippen molar-refractivity contribution < 1.29 is 26.1 Å². The molecule has 5 nitrogen and oxygen atoms in total. The van der Waals surface area contributed by atoms with E-state index in [0.717, 1.165) is 18.1 Å². The normalized spacial score (nSPS) is 17.5. The van der Waals surface area contributed by atoms with E-state index < -0.39 is 27.1 Å². The molecule has 0 amide bonds. The zero-order valence-corrected chi connectivity index (χ0v) is 15.9. The maximum absolute atomic E-state index is 12.4. The molecule has 1 aromatic rings. The molecule has 0 heterocycles. The number of alkyl halides is 3. The van der Waals surface area contributed by atoms with Gasteiger partial charge in [0.15, 0.2) is 0 Å². The fourth-order valence-corrected chi connectivity index (χ4v) is 3.84. The highest BCUT2D eigenvalue weighted by Gasteiger charge is 2.49. The van der Waals surface area contributed by atoms with Crippen LogP contribution in [0.2, 0.25) is 0 Å². The molecular weight excluding hydrogens is 369 g/mol. The van der Waals surface area contributed by atoms with E-state index in [2.05, 4.69) is 17.5 Å². The van der Waals surface area contributed by atoms with Gasteiger partial charge < -0.3 is 0 Å². The first kappa shape index (κ1) is 22.9. The van der Waals surface area contributed by atoms with Gasteiger partial charge in [-0.25, -0.2) is 5.01 Å². The predicted molar refractivity (Wildman–Crippen MR) is 95.1 cm³/mol. The molecule has 1 unspecified atom stereocenters. The van der Waals surface area contributed by atoms with Gasteiger partial charge in [-0.1, -0.05) is 49.6 Å². The van der Waals surface area contributed by atoms with Crippen LogP contribution in [0.25, 0.3) is 0 Å². The Morgan fingerprint density at radius 2 is 1.73 bits per heavy atom. The van der Waals surface area contributed by atoms with Gasteiger partial charge >= 0.3 is 6.18 Å². The Balaban J connectivity index is 0.000000273. The summed E-state index contributed by atoms with van der Waals surface area (Å²) in [5, 5.41) is -0.693. The quantitative estimate of drug-likeness (QED) is 0.585. The van der Waals surface area contributed by atoms with E-state index in [4.69, 9.17) is 4.55 Å². The molecular formula is C17H27F3N2O3S. The third-order valence-corrected chi connectivity index (χ3v) is 5.47. The lowest BCUT2D eigenvalue weighted by molar-refractivity contribution is -0.132. The van der Waals surface area contributed by atoms with Gasteiger partial charge in [0.25, 0.3) is 10.1 Å². The number of hydrogen-bond donors (Lipinski definition) is 2. The fraction of sp³-hybridized carbons (Fsp3) is 0.647. The number of nitrogens with zero attached hydrogens (tertiary/aromatic N) is 1. The van der Waals surface area contributed by atoms with Crippen LogP contribution in [0, 0.1) is 5.92 Å². The summed E-state index contributed by atoms with van der Waals surface area (Å²) in [5.74, 6) is 0.946. The van der Waals surface area contributed by atoms with Gasteiger partial charge in [-0.2, -0.15) is 21.6 Å². The standard InChI is InChI=1S/C9H20N2.C8H7F3O3S/c1-10-11(2)8-9-6-4-3-5-7-9;9-8(10,11)7(15(12,13)14)6-4-2-1-3-5-6/h9-10H,3-8H2,1-2H3;1-5,7H,(H,12,13,14). The SMILES string of the molecule is CNN(C)CC1CCCCC1.O=S(=O)(O)C(c1ccccc1)C(F)(F)F. The van der Waals surface area contributed by atoms with Crippen molar-refractivity contribution in [3.63, 3.8) is 0 Å². The first-order chi connectivity index (χ1) is 12.1. The molecule has 1 aromatic carbocycles. The molecule has 1 aliphatic carbocycles. The van der Waals surface area contributed by atoms with E-state index >= 15 is 0 Å². The lowest BCUT2D eigenvalue weighted by Gasteiger charge is -2.26. The average molecular weight is 396 g/mol. The minimum Gasteiger partial charge on any atom is -0.285 e. The van der Waals surface area contributed by atoms with E-state index in [1.807, 2.05) is 7.05 Å². The first-order valence-corrected chi connectivity index (χ1v) is 10.0. The van der Waals surface area contributed by atoms with Crippen LogP contribution in [-0.4, -0.2) is 44.8 Å². The molecule has 9 heteroatoms. The molecule has 1 aliphatic rings. The minimum atomic E-state index is -5.20. The van der Waals surface area contributed by atoms with Gasteiger partial charge in [-0.15, -0.1) is 0 Å². The smallest absolute Gasteiger partial charge is 0.285 e. The molecule has 1 saturated carbocycles. The van der Waals surface area contributed by atoms with Crippen LogP contribution in [0.1, 0.15) is 42.9 Å². The van der Waals surface area contributed by atoms with E-state index in [9.17, 15) is 21.6 Å². The molecule has 0 aromatic heterocycles. The van der Waals surface area contributed by atoms with Crippen LogP contribution >= 0.6 is 0 Å². The Kier molecular flexibility index (Phi) is 9.02. The van der Waals surface area contributed by atoms with E-state index in [1.54, 1.807) is 0 Å². The third-order valence-electron chi connectivity index (χ3n) is 4.34. The van der Waals surface area contributed by atoms with Crippen LogP contribution in [0.5, 0.6) is 0 Å². The van der Waals surface area contributed by atoms with Crippen molar-refractivity contribution in [2.24, 2.45) is 5.92 Å². The second-order valence-electron chi connectivity index (χ2n) is 6.46. The van der Waals surface area contributed by atoms with Crippen molar-refractivity contribution in [2.75, 3.05) is 20.6 Å². The van der Waals surface area contributed by atoms with Crippen molar-refractivity contribution in [1.29, 1.82) is 0 Å². The van der Waals surface area contributed by atoms with Crippen molar-refractivity contribution in [2.45, 2.75) is 43.5 Å². The topological polar surface area (TPSA) is 69.6 Å². The summed E-state index contributed by atoms with van der Waals surface area (Å²) >= 11 is 0. The molecule has 0 spiro atoms.